The number of fused-ring (bicyclic) bond motifs is 3. The number of anilines is 2. The van der Waals surface area contributed by atoms with Gasteiger partial charge in [0, 0.05) is 34.6 Å². The number of halogens is 1. The minimum Gasteiger partial charge on any atom is -0.384 e. The van der Waals surface area contributed by atoms with Crippen molar-refractivity contribution >= 4 is 23.1 Å². The van der Waals surface area contributed by atoms with Crippen molar-refractivity contribution in [3.05, 3.63) is 82.6 Å². The fraction of sp³-hybridized carbons (Fsp3) is 0.192. The highest BCUT2D eigenvalue weighted by Crippen LogP contribution is 2.56. The summed E-state index contributed by atoms with van der Waals surface area (Å²) < 4.78 is 13.6. The first-order valence-corrected chi connectivity index (χ1v) is 10.5. The lowest BCUT2D eigenvalue weighted by Crippen LogP contribution is -2.52. The van der Waals surface area contributed by atoms with E-state index in [9.17, 15) is 19.2 Å². The number of para-hydroxylation sites is 1. The predicted octanol–water partition coefficient (Wildman–Crippen LogP) is 3.26. The van der Waals surface area contributed by atoms with E-state index < -0.39 is 17.1 Å². The Balaban J connectivity index is 1.88. The van der Waals surface area contributed by atoms with Crippen molar-refractivity contribution in [1.82, 2.24) is 0 Å². The Labute approximate surface area is 190 Å². The van der Waals surface area contributed by atoms with Crippen molar-refractivity contribution in [3.8, 4) is 18.4 Å². The van der Waals surface area contributed by atoms with Gasteiger partial charge in [0.2, 0.25) is 5.91 Å². The molecule has 162 valence electrons. The molecule has 0 aromatic heterocycles. The molecule has 2 heterocycles. The van der Waals surface area contributed by atoms with E-state index >= 15 is 0 Å². The molecule has 3 aliphatic rings. The molecule has 0 radical (unpaired) electrons. The second kappa shape index (κ2) is 7.36. The molecule has 1 amide bonds. The van der Waals surface area contributed by atoms with Gasteiger partial charge in [0.1, 0.15) is 23.1 Å². The molecule has 2 aromatic carbocycles. The van der Waals surface area contributed by atoms with Crippen LogP contribution in [0.25, 0.3) is 0 Å². The van der Waals surface area contributed by atoms with Gasteiger partial charge < -0.3 is 5.73 Å². The maximum Gasteiger partial charge on any atom is 0.248 e. The molecule has 2 aliphatic heterocycles. The smallest absolute Gasteiger partial charge is 0.248 e. The number of Topliss-reactive ketones (excluding diaryl/α,β-unsaturated/α-hetero) is 1. The summed E-state index contributed by atoms with van der Waals surface area (Å²) in [7, 11) is 0. The lowest BCUT2D eigenvalue weighted by Gasteiger charge is -2.43. The van der Waals surface area contributed by atoms with E-state index in [2.05, 4.69) is 12.0 Å². The normalized spacial score (nSPS) is 21.8. The third-order valence-corrected chi connectivity index (χ3v) is 6.51. The maximum atomic E-state index is 14.1. The largest absolute Gasteiger partial charge is 0.384 e. The second-order valence-electron chi connectivity index (χ2n) is 8.14. The highest BCUT2D eigenvalue weighted by Gasteiger charge is 2.62. The summed E-state index contributed by atoms with van der Waals surface area (Å²) in [6, 6.07) is 14.8. The Kier molecular flexibility index (Phi) is 4.58. The summed E-state index contributed by atoms with van der Waals surface area (Å²) in [6.45, 7) is -0.00527. The van der Waals surface area contributed by atoms with Gasteiger partial charge >= 0.3 is 0 Å². The topological polar surface area (TPSA) is 90.4 Å². The third-order valence-electron chi connectivity index (χ3n) is 6.51. The van der Waals surface area contributed by atoms with Gasteiger partial charge in [0.25, 0.3) is 0 Å². The average molecular weight is 438 g/mol. The van der Waals surface area contributed by atoms with Crippen LogP contribution in [0, 0.1) is 29.5 Å². The van der Waals surface area contributed by atoms with Gasteiger partial charge in [-0.15, -0.1) is 6.42 Å². The van der Waals surface area contributed by atoms with E-state index in [-0.39, 0.29) is 35.7 Å². The van der Waals surface area contributed by atoms with Crippen molar-refractivity contribution in [1.29, 1.82) is 5.26 Å². The molecule has 2 aromatic rings. The molecule has 1 aliphatic carbocycles. The zero-order valence-corrected chi connectivity index (χ0v) is 17.6. The van der Waals surface area contributed by atoms with Gasteiger partial charge in [0.15, 0.2) is 5.78 Å². The summed E-state index contributed by atoms with van der Waals surface area (Å²) in [6.07, 6.45) is 6.85. The lowest BCUT2D eigenvalue weighted by atomic mass is 9.64. The molecule has 33 heavy (non-hydrogen) atoms. The van der Waals surface area contributed by atoms with E-state index in [0.717, 1.165) is 0 Å². The minimum absolute atomic E-state index is 0.00527. The monoisotopic (exact) mass is 438 g/mol. The van der Waals surface area contributed by atoms with Gasteiger partial charge in [-0.05, 0) is 43.2 Å². The van der Waals surface area contributed by atoms with Gasteiger partial charge in [-0.25, -0.2) is 4.39 Å². The molecule has 7 heteroatoms. The molecule has 2 N–H and O–H groups in total. The molecule has 0 saturated carbocycles. The molecule has 5 rings (SSSR count). The number of ketones is 1. The van der Waals surface area contributed by atoms with Gasteiger partial charge in [-0.2, -0.15) is 5.26 Å². The van der Waals surface area contributed by atoms with Gasteiger partial charge in [0.05, 0.1) is 12.1 Å². The Morgan fingerprint density at radius 1 is 1.12 bits per heavy atom. The second-order valence-corrected chi connectivity index (χ2v) is 8.14. The molecule has 0 unspecified atom stereocenters. The van der Waals surface area contributed by atoms with Crippen LogP contribution in [-0.2, 0) is 15.0 Å². The number of benzene rings is 2. The number of nitriles is 1. The predicted molar refractivity (Wildman–Crippen MR) is 121 cm³/mol. The summed E-state index contributed by atoms with van der Waals surface area (Å²) in [5.74, 6) is 1.45. The van der Waals surface area contributed by atoms with Crippen LogP contribution in [-0.4, -0.2) is 18.2 Å². The molecule has 0 saturated heterocycles. The summed E-state index contributed by atoms with van der Waals surface area (Å²) in [5, 5.41) is 10.3. The van der Waals surface area contributed by atoms with E-state index in [1.807, 2.05) is 0 Å². The molecule has 1 atom stereocenters. The van der Waals surface area contributed by atoms with Crippen molar-refractivity contribution in [2.45, 2.75) is 24.7 Å². The number of hydrogen-bond acceptors (Lipinski definition) is 5. The highest BCUT2D eigenvalue weighted by atomic mass is 19.1. The number of rotatable bonds is 2. The van der Waals surface area contributed by atoms with Crippen molar-refractivity contribution in [2.24, 2.45) is 5.73 Å². The molecule has 6 nitrogen and oxygen atoms in total. The first-order valence-electron chi connectivity index (χ1n) is 10.5. The number of nitrogens with zero attached hydrogens (tertiary/aromatic N) is 3. The molecule has 1 spiro atoms. The fourth-order valence-corrected chi connectivity index (χ4v) is 5.26. The number of nitrogens with two attached hydrogens (primary N) is 1. The van der Waals surface area contributed by atoms with Crippen molar-refractivity contribution < 1.29 is 14.0 Å². The van der Waals surface area contributed by atoms with Crippen molar-refractivity contribution in [2.75, 3.05) is 16.3 Å². The molecular formula is C26H19FN4O2. The van der Waals surface area contributed by atoms with Crippen LogP contribution < -0.4 is 15.5 Å². The molecule has 0 fully saturated rings. The van der Waals surface area contributed by atoms with Crippen LogP contribution in [0.3, 0.4) is 0 Å². The highest BCUT2D eigenvalue weighted by molar-refractivity contribution is 6.20. The Morgan fingerprint density at radius 3 is 2.55 bits per heavy atom. The first-order chi connectivity index (χ1) is 16.0. The SMILES string of the molecule is C#CCN1C(=O)[C@@]2(C(C#N)=C(N)N(c3ccc(F)cc3)C3=C2C(=O)CCC3)c2ccccc21. The molecular weight excluding hydrogens is 419 g/mol. The number of hydrogen-bond donors (Lipinski definition) is 1. The Morgan fingerprint density at radius 2 is 1.85 bits per heavy atom. The summed E-state index contributed by atoms with van der Waals surface area (Å²) in [5.41, 5.74) is 7.29. The van der Waals surface area contributed by atoms with Crippen LogP contribution in [0.2, 0.25) is 0 Å². The van der Waals surface area contributed by atoms with E-state index in [1.54, 1.807) is 29.2 Å². The van der Waals surface area contributed by atoms with E-state index in [0.29, 0.717) is 35.5 Å². The van der Waals surface area contributed by atoms with Gasteiger partial charge in [-0.1, -0.05) is 24.1 Å². The number of carbonyl (C=O) groups is 2. The van der Waals surface area contributed by atoms with Crippen molar-refractivity contribution in [3.63, 3.8) is 0 Å². The van der Waals surface area contributed by atoms with Crippen LogP contribution in [0.1, 0.15) is 24.8 Å². The maximum absolute atomic E-state index is 14.1. The van der Waals surface area contributed by atoms with E-state index in [1.165, 1.54) is 29.2 Å². The number of amides is 1. The number of terminal acetylenes is 1. The summed E-state index contributed by atoms with van der Waals surface area (Å²) >= 11 is 0. The van der Waals surface area contributed by atoms with Crippen LogP contribution in [0.5, 0.6) is 0 Å². The number of allylic oxidation sites excluding steroid dienone is 1. The zero-order valence-electron chi connectivity index (χ0n) is 17.6. The summed E-state index contributed by atoms with van der Waals surface area (Å²) in [4.78, 5) is 30.6. The average Bonchev–Trinajstić information content (AvgIpc) is 3.05. The first kappa shape index (κ1) is 20.5. The van der Waals surface area contributed by atoms with Crippen LogP contribution in [0.15, 0.2) is 71.2 Å². The quantitative estimate of drug-likeness (QED) is 0.727. The minimum atomic E-state index is -1.66. The lowest BCUT2D eigenvalue weighted by molar-refractivity contribution is -0.124. The number of carbonyl (C=O) groups excluding carboxylic acids is 2. The molecule has 0 bridgehead atoms. The third kappa shape index (κ3) is 2.60. The van der Waals surface area contributed by atoms with Crippen LogP contribution in [0.4, 0.5) is 15.8 Å². The Hall–Kier alpha value is -4.36. The fourth-order valence-electron chi connectivity index (χ4n) is 5.26. The van der Waals surface area contributed by atoms with Gasteiger partial charge in [-0.3, -0.25) is 19.4 Å². The standard InChI is InChI=1S/C26H19FN4O2/c1-2-14-30-20-7-4-3-6-18(20)26(25(30)33)19(15-28)24(29)31(17-12-10-16(27)11-13-17)21-8-5-9-22(32)23(21)26/h1,3-4,6-7,10-13H,5,8-9,14,29H2/t26-/m1/s1. The zero-order chi connectivity index (χ0) is 23.3. The Bertz CT molecular complexity index is 1360. The van der Waals surface area contributed by atoms with Crippen LogP contribution >= 0.6 is 0 Å². The van der Waals surface area contributed by atoms with E-state index in [4.69, 9.17) is 12.2 Å².